The van der Waals surface area contributed by atoms with Crippen molar-refractivity contribution >= 4 is 5.91 Å². The molecule has 0 radical (unpaired) electrons. The summed E-state index contributed by atoms with van der Waals surface area (Å²) in [5.41, 5.74) is 0.890. The second kappa shape index (κ2) is 5.17. The number of aromatic nitrogens is 1. The summed E-state index contributed by atoms with van der Waals surface area (Å²) in [5.74, 6) is -0.167. The number of carbonyl (C=O) groups excluding carboxylic acids is 1. The Kier molecular flexibility index (Phi) is 3.75. The Morgan fingerprint density at radius 1 is 1.42 bits per heavy atom. The lowest BCUT2D eigenvalue weighted by Gasteiger charge is -2.39. The monoisotopic (exact) mass is 263 g/mol. The van der Waals surface area contributed by atoms with Crippen molar-refractivity contribution in [1.29, 1.82) is 0 Å². The first-order valence-corrected chi connectivity index (χ1v) is 6.63. The number of rotatable bonds is 2. The molecule has 5 heteroatoms. The van der Waals surface area contributed by atoms with Crippen LogP contribution in [0.4, 0.5) is 0 Å². The number of hydrogen-bond donors (Lipinski definition) is 2. The van der Waals surface area contributed by atoms with Gasteiger partial charge in [-0.05, 0) is 33.7 Å². The number of aromatic amines is 1. The second-order valence-corrected chi connectivity index (χ2v) is 5.50. The van der Waals surface area contributed by atoms with Gasteiger partial charge in [-0.3, -0.25) is 9.59 Å². The van der Waals surface area contributed by atoms with Crippen LogP contribution < -0.4 is 10.7 Å². The Morgan fingerprint density at radius 3 is 2.58 bits per heavy atom. The molecule has 0 atom stereocenters. The molecule has 1 aromatic rings. The second-order valence-electron chi connectivity index (χ2n) is 5.50. The van der Waals surface area contributed by atoms with Gasteiger partial charge in [-0.15, -0.1) is 0 Å². The zero-order chi connectivity index (χ0) is 14.0. The van der Waals surface area contributed by atoms with Gasteiger partial charge in [-0.2, -0.15) is 0 Å². The van der Waals surface area contributed by atoms with Crippen molar-refractivity contribution in [1.82, 2.24) is 15.2 Å². The summed E-state index contributed by atoms with van der Waals surface area (Å²) in [6.07, 6.45) is 3.32. The van der Waals surface area contributed by atoms with E-state index in [-0.39, 0.29) is 22.4 Å². The third-order valence-corrected chi connectivity index (χ3v) is 4.05. The molecule has 1 saturated heterocycles. The zero-order valence-corrected chi connectivity index (χ0v) is 11.7. The van der Waals surface area contributed by atoms with Crippen molar-refractivity contribution in [3.8, 4) is 0 Å². The van der Waals surface area contributed by atoms with E-state index in [4.69, 9.17) is 0 Å². The van der Waals surface area contributed by atoms with Crippen LogP contribution in [0.25, 0.3) is 0 Å². The van der Waals surface area contributed by atoms with Crippen LogP contribution in [0.15, 0.2) is 17.1 Å². The SMILES string of the molecule is CNC1(C)CCN(C(=O)c2c[nH]c(C)cc2=O)CC1. The first kappa shape index (κ1) is 13.8. The van der Waals surface area contributed by atoms with Gasteiger partial charge in [0, 0.05) is 36.6 Å². The Labute approximate surface area is 113 Å². The molecule has 2 N–H and O–H groups in total. The van der Waals surface area contributed by atoms with Crippen molar-refractivity contribution in [2.24, 2.45) is 0 Å². The average molecular weight is 263 g/mol. The van der Waals surface area contributed by atoms with E-state index in [1.807, 2.05) is 7.05 Å². The third kappa shape index (κ3) is 2.87. The lowest BCUT2D eigenvalue weighted by molar-refractivity contribution is 0.0660. The number of carbonyl (C=O) groups is 1. The minimum Gasteiger partial charge on any atom is -0.364 e. The molecule has 1 aliphatic rings. The molecule has 0 unspecified atom stereocenters. The Hall–Kier alpha value is -1.62. The predicted octanol–water partition coefficient (Wildman–Crippen LogP) is 0.897. The summed E-state index contributed by atoms with van der Waals surface area (Å²) in [4.78, 5) is 28.8. The minimum atomic E-state index is -0.205. The van der Waals surface area contributed by atoms with Gasteiger partial charge in [0.15, 0.2) is 5.43 Å². The summed E-state index contributed by atoms with van der Waals surface area (Å²) < 4.78 is 0. The van der Waals surface area contributed by atoms with E-state index < -0.39 is 0 Å². The molecule has 1 amide bonds. The standard InChI is InChI=1S/C14H21N3O2/c1-10-8-12(18)11(9-16-10)13(19)17-6-4-14(2,15-3)5-7-17/h8-9,15H,4-7H2,1-3H3,(H,16,18). The maximum absolute atomic E-state index is 12.3. The van der Waals surface area contributed by atoms with Crippen LogP contribution in [0.1, 0.15) is 35.8 Å². The van der Waals surface area contributed by atoms with E-state index in [0.29, 0.717) is 13.1 Å². The molecular formula is C14H21N3O2. The van der Waals surface area contributed by atoms with Crippen LogP contribution >= 0.6 is 0 Å². The van der Waals surface area contributed by atoms with Gasteiger partial charge >= 0.3 is 0 Å². The molecule has 0 aliphatic carbocycles. The number of pyridine rings is 1. The summed E-state index contributed by atoms with van der Waals surface area (Å²) >= 11 is 0. The first-order valence-electron chi connectivity index (χ1n) is 6.63. The van der Waals surface area contributed by atoms with Crippen LogP contribution in [0.2, 0.25) is 0 Å². The molecule has 19 heavy (non-hydrogen) atoms. The molecule has 0 aromatic carbocycles. The zero-order valence-electron chi connectivity index (χ0n) is 11.7. The maximum atomic E-state index is 12.3. The molecular weight excluding hydrogens is 242 g/mol. The highest BCUT2D eigenvalue weighted by atomic mass is 16.2. The summed E-state index contributed by atoms with van der Waals surface area (Å²) in [5, 5.41) is 3.29. The molecule has 5 nitrogen and oxygen atoms in total. The van der Waals surface area contributed by atoms with E-state index in [9.17, 15) is 9.59 Å². The Balaban J connectivity index is 2.12. The highest BCUT2D eigenvalue weighted by Gasteiger charge is 2.31. The molecule has 0 spiro atoms. The highest BCUT2D eigenvalue weighted by Crippen LogP contribution is 2.21. The fourth-order valence-electron chi connectivity index (χ4n) is 2.36. The Morgan fingerprint density at radius 2 is 2.05 bits per heavy atom. The van der Waals surface area contributed by atoms with Gasteiger partial charge in [0.1, 0.15) is 5.56 Å². The van der Waals surface area contributed by atoms with Crippen molar-refractivity contribution < 1.29 is 4.79 Å². The van der Waals surface area contributed by atoms with Gasteiger partial charge in [-0.25, -0.2) is 0 Å². The number of aryl methyl sites for hydroxylation is 1. The lowest BCUT2D eigenvalue weighted by atomic mass is 9.89. The predicted molar refractivity (Wildman–Crippen MR) is 74.4 cm³/mol. The van der Waals surface area contributed by atoms with Gasteiger partial charge < -0.3 is 15.2 Å². The quantitative estimate of drug-likeness (QED) is 0.833. The molecule has 1 aromatic heterocycles. The summed E-state index contributed by atoms with van der Waals surface area (Å²) in [7, 11) is 1.95. The molecule has 1 fully saturated rings. The number of nitrogens with zero attached hydrogens (tertiary/aromatic N) is 1. The smallest absolute Gasteiger partial charge is 0.259 e. The van der Waals surface area contributed by atoms with Crippen molar-refractivity contribution in [3.63, 3.8) is 0 Å². The van der Waals surface area contributed by atoms with Crippen LogP contribution in [0.5, 0.6) is 0 Å². The van der Waals surface area contributed by atoms with Crippen LogP contribution in [-0.4, -0.2) is 41.5 Å². The van der Waals surface area contributed by atoms with Crippen molar-refractivity contribution in [2.45, 2.75) is 32.2 Å². The van der Waals surface area contributed by atoms with Crippen LogP contribution in [0, 0.1) is 6.92 Å². The number of nitrogens with one attached hydrogen (secondary N) is 2. The van der Waals surface area contributed by atoms with E-state index >= 15 is 0 Å². The fourth-order valence-corrected chi connectivity index (χ4v) is 2.36. The molecule has 0 saturated carbocycles. The highest BCUT2D eigenvalue weighted by molar-refractivity contribution is 5.93. The van der Waals surface area contributed by atoms with Gasteiger partial charge in [-0.1, -0.05) is 0 Å². The molecule has 1 aliphatic heterocycles. The van der Waals surface area contributed by atoms with E-state index in [0.717, 1.165) is 18.5 Å². The summed E-state index contributed by atoms with van der Waals surface area (Å²) in [6.45, 7) is 5.33. The number of piperidine rings is 1. The normalized spacial score (nSPS) is 18.4. The van der Waals surface area contributed by atoms with E-state index in [1.165, 1.54) is 12.3 Å². The Bertz CT molecular complexity index is 528. The van der Waals surface area contributed by atoms with Crippen LogP contribution in [0.3, 0.4) is 0 Å². The lowest BCUT2D eigenvalue weighted by Crippen LogP contribution is -2.51. The summed E-state index contributed by atoms with van der Waals surface area (Å²) in [6, 6.07) is 1.47. The fraction of sp³-hybridized carbons (Fsp3) is 0.571. The molecule has 104 valence electrons. The van der Waals surface area contributed by atoms with E-state index in [1.54, 1.807) is 11.8 Å². The van der Waals surface area contributed by atoms with Gasteiger partial charge in [0.2, 0.25) is 0 Å². The number of H-pyrrole nitrogens is 1. The number of likely N-dealkylation sites (tertiary alicyclic amines) is 1. The van der Waals surface area contributed by atoms with E-state index in [2.05, 4.69) is 17.2 Å². The third-order valence-electron chi connectivity index (χ3n) is 4.05. The minimum absolute atomic E-state index is 0.0937. The molecule has 2 heterocycles. The number of hydrogen-bond acceptors (Lipinski definition) is 3. The average Bonchev–Trinajstić information content (AvgIpc) is 2.39. The van der Waals surface area contributed by atoms with Crippen LogP contribution in [-0.2, 0) is 0 Å². The van der Waals surface area contributed by atoms with Crippen molar-refractivity contribution in [3.05, 3.63) is 33.7 Å². The van der Waals surface area contributed by atoms with Gasteiger partial charge in [0.25, 0.3) is 5.91 Å². The maximum Gasteiger partial charge on any atom is 0.259 e. The van der Waals surface area contributed by atoms with Gasteiger partial charge in [0.05, 0.1) is 0 Å². The largest absolute Gasteiger partial charge is 0.364 e. The first-order chi connectivity index (χ1) is 8.95. The van der Waals surface area contributed by atoms with Crippen molar-refractivity contribution in [2.75, 3.05) is 20.1 Å². The molecule has 2 rings (SSSR count). The topological polar surface area (TPSA) is 65.2 Å². The molecule has 0 bridgehead atoms. The number of amides is 1.